The molecule has 1 fully saturated rings. The Kier molecular flexibility index (Phi) is 5.65. The van der Waals surface area contributed by atoms with Crippen molar-refractivity contribution >= 4 is 23.2 Å². The molecular weight excluding hydrogens is 376 g/mol. The van der Waals surface area contributed by atoms with Crippen LogP contribution in [-0.2, 0) is 0 Å². The molecule has 2 N–H and O–H groups in total. The lowest BCUT2D eigenvalue weighted by molar-refractivity contribution is 0.0997. The molecule has 0 unspecified atom stereocenters. The van der Waals surface area contributed by atoms with Gasteiger partial charge in [0.25, 0.3) is 5.91 Å². The van der Waals surface area contributed by atoms with E-state index in [9.17, 15) is 4.79 Å². The monoisotopic (exact) mass is 396 g/mol. The van der Waals surface area contributed by atoms with E-state index in [0.717, 1.165) is 37.2 Å². The molecule has 1 aromatic heterocycles. The summed E-state index contributed by atoms with van der Waals surface area (Å²) >= 11 is 5.87. The second-order valence-corrected chi connectivity index (χ2v) is 7.12. The summed E-state index contributed by atoms with van der Waals surface area (Å²) in [6.07, 6.45) is 2.13. The van der Waals surface area contributed by atoms with E-state index in [0.29, 0.717) is 16.5 Å². The molecule has 0 atom stereocenters. The Hall–Kier alpha value is -2.76. The van der Waals surface area contributed by atoms with Gasteiger partial charge in [0.05, 0.1) is 5.56 Å². The quantitative estimate of drug-likeness (QED) is 0.638. The summed E-state index contributed by atoms with van der Waals surface area (Å²) in [4.78, 5) is 12.5. The van der Waals surface area contributed by atoms with Gasteiger partial charge in [-0.3, -0.25) is 4.79 Å². The number of nitrogens with one attached hydrogen (secondary N) is 2. The Labute approximate surface area is 168 Å². The smallest absolute Gasteiger partial charge is 0.291 e. The average Bonchev–Trinajstić information content (AvgIpc) is 3.21. The van der Waals surface area contributed by atoms with Crippen LogP contribution in [0.5, 0.6) is 5.75 Å². The number of halogens is 1. The summed E-state index contributed by atoms with van der Waals surface area (Å²) < 4.78 is 12.0. The first kappa shape index (κ1) is 18.6. The third-order valence-electron chi connectivity index (χ3n) is 4.66. The third-order valence-corrected chi connectivity index (χ3v) is 4.92. The second kappa shape index (κ2) is 8.50. The second-order valence-electron chi connectivity index (χ2n) is 6.69. The molecule has 28 heavy (non-hydrogen) atoms. The number of ether oxygens (including phenoxy) is 1. The van der Waals surface area contributed by atoms with Crippen LogP contribution < -0.4 is 15.4 Å². The van der Waals surface area contributed by atoms with Crippen molar-refractivity contribution in [3.63, 3.8) is 0 Å². The zero-order valence-corrected chi connectivity index (χ0v) is 16.0. The summed E-state index contributed by atoms with van der Waals surface area (Å²) in [6.45, 7) is 1.92. The highest BCUT2D eigenvalue weighted by molar-refractivity contribution is 6.30. The van der Waals surface area contributed by atoms with Crippen LogP contribution in [0.1, 0.15) is 23.4 Å². The minimum Gasteiger partial charge on any atom is -0.490 e. The first-order chi connectivity index (χ1) is 13.7. The molecule has 0 bridgehead atoms. The fraction of sp³-hybridized carbons (Fsp3) is 0.227. The number of furan rings is 1. The number of hydrogen-bond donors (Lipinski definition) is 2. The van der Waals surface area contributed by atoms with Crippen molar-refractivity contribution in [2.45, 2.75) is 18.9 Å². The minimum absolute atomic E-state index is 0.185. The van der Waals surface area contributed by atoms with E-state index in [4.69, 9.17) is 20.8 Å². The Bertz CT molecular complexity index is 946. The van der Waals surface area contributed by atoms with E-state index in [1.54, 1.807) is 36.4 Å². The van der Waals surface area contributed by atoms with Crippen LogP contribution in [0.15, 0.2) is 65.1 Å². The van der Waals surface area contributed by atoms with Gasteiger partial charge in [0, 0.05) is 10.7 Å². The number of benzene rings is 2. The predicted molar refractivity (Wildman–Crippen MR) is 110 cm³/mol. The van der Waals surface area contributed by atoms with E-state index in [1.807, 2.05) is 24.3 Å². The molecule has 2 aromatic carbocycles. The van der Waals surface area contributed by atoms with E-state index < -0.39 is 0 Å². The number of hydrogen-bond acceptors (Lipinski definition) is 4. The normalized spacial score (nSPS) is 14.6. The molecule has 0 aliphatic carbocycles. The van der Waals surface area contributed by atoms with Crippen LogP contribution in [0, 0.1) is 0 Å². The first-order valence-corrected chi connectivity index (χ1v) is 9.70. The Morgan fingerprint density at radius 2 is 1.79 bits per heavy atom. The molecular formula is C22H21ClN2O3. The van der Waals surface area contributed by atoms with Gasteiger partial charge < -0.3 is 19.8 Å². The molecule has 0 radical (unpaired) electrons. The van der Waals surface area contributed by atoms with Gasteiger partial charge in [-0.15, -0.1) is 0 Å². The van der Waals surface area contributed by atoms with Gasteiger partial charge in [-0.05, 0) is 74.5 Å². The van der Waals surface area contributed by atoms with Crippen LogP contribution in [0.2, 0.25) is 5.02 Å². The van der Waals surface area contributed by atoms with Crippen molar-refractivity contribution in [2.24, 2.45) is 0 Å². The molecule has 4 rings (SSSR count). The minimum atomic E-state index is -0.315. The lowest BCUT2D eigenvalue weighted by Gasteiger charge is -2.24. The van der Waals surface area contributed by atoms with E-state index in [2.05, 4.69) is 10.6 Å². The number of carbonyl (C=O) groups excluding carboxylic acids is 1. The topological polar surface area (TPSA) is 63.5 Å². The number of para-hydroxylation sites is 1. The van der Waals surface area contributed by atoms with Crippen LogP contribution >= 0.6 is 11.6 Å². The van der Waals surface area contributed by atoms with Crippen molar-refractivity contribution in [1.29, 1.82) is 0 Å². The maximum absolute atomic E-state index is 12.5. The molecule has 1 amide bonds. The van der Waals surface area contributed by atoms with Crippen molar-refractivity contribution in [3.8, 4) is 17.1 Å². The highest BCUT2D eigenvalue weighted by Gasteiger charge is 2.19. The van der Waals surface area contributed by atoms with Gasteiger partial charge in [-0.2, -0.15) is 0 Å². The van der Waals surface area contributed by atoms with Gasteiger partial charge >= 0.3 is 0 Å². The highest BCUT2D eigenvalue weighted by atomic mass is 35.5. The Morgan fingerprint density at radius 3 is 2.57 bits per heavy atom. The fourth-order valence-corrected chi connectivity index (χ4v) is 3.32. The van der Waals surface area contributed by atoms with Crippen molar-refractivity contribution in [2.75, 3.05) is 18.4 Å². The van der Waals surface area contributed by atoms with E-state index >= 15 is 0 Å². The van der Waals surface area contributed by atoms with Crippen molar-refractivity contribution in [1.82, 2.24) is 5.32 Å². The molecule has 0 saturated carbocycles. The summed E-state index contributed by atoms with van der Waals surface area (Å²) in [6, 6.07) is 18.1. The largest absolute Gasteiger partial charge is 0.490 e. The number of anilines is 1. The number of piperidine rings is 1. The molecule has 5 nitrogen and oxygen atoms in total. The lowest BCUT2D eigenvalue weighted by Crippen LogP contribution is -2.34. The molecule has 1 aliphatic rings. The standard InChI is InChI=1S/C22H21ClN2O3/c23-15-5-7-16(8-6-15)25-22(26)21-10-9-20(28-21)18-3-1-2-4-19(18)27-17-11-13-24-14-12-17/h1-10,17,24H,11-14H2,(H,25,26). The summed E-state index contributed by atoms with van der Waals surface area (Å²) in [5.41, 5.74) is 1.49. The maximum atomic E-state index is 12.5. The number of amides is 1. The summed E-state index contributed by atoms with van der Waals surface area (Å²) in [7, 11) is 0. The van der Waals surface area contributed by atoms with Crippen LogP contribution in [0.3, 0.4) is 0 Å². The van der Waals surface area contributed by atoms with E-state index in [1.165, 1.54) is 0 Å². The van der Waals surface area contributed by atoms with Crippen molar-refractivity contribution < 1.29 is 13.9 Å². The number of carbonyl (C=O) groups is 1. The highest BCUT2D eigenvalue weighted by Crippen LogP contribution is 2.33. The van der Waals surface area contributed by atoms with Gasteiger partial charge in [0.2, 0.25) is 0 Å². The first-order valence-electron chi connectivity index (χ1n) is 9.32. The van der Waals surface area contributed by atoms with Gasteiger partial charge in [-0.25, -0.2) is 0 Å². The average molecular weight is 397 g/mol. The molecule has 1 saturated heterocycles. The Balaban J connectivity index is 1.50. The van der Waals surface area contributed by atoms with Crippen LogP contribution in [0.4, 0.5) is 5.69 Å². The van der Waals surface area contributed by atoms with Gasteiger partial charge in [0.15, 0.2) is 5.76 Å². The predicted octanol–water partition coefficient (Wildman–Crippen LogP) is 4.98. The van der Waals surface area contributed by atoms with Gasteiger partial charge in [0.1, 0.15) is 17.6 Å². The molecule has 6 heteroatoms. The molecule has 3 aromatic rings. The zero-order valence-electron chi connectivity index (χ0n) is 15.3. The fourth-order valence-electron chi connectivity index (χ4n) is 3.20. The number of rotatable bonds is 5. The Morgan fingerprint density at radius 1 is 1.04 bits per heavy atom. The zero-order chi connectivity index (χ0) is 19.3. The van der Waals surface area contributed by atoms with Crippen molar-refractivity contribution in [3.05, 3.63) is 71.4 Å². The maximum Gasteiger partial charge on any atom is 0.291 e. The molecule has 0 spiro atoms. The summed E-state index contributed by atoms with van der Waals surface area (Å²) in [5, 5.41) is 6.75. The molecule has 2 heterocycles. The van der Waals surface area contributed by atoms with E-state index in [-0.39, 0.29) is 17.8 Å². The SMILES string of the molecule is O=C(Nc1ccc(Cl)cc1)c1ccc(-c2ccccc2OC2CCNCC2)o1. The van der Waals surface area contributed by atoms with Gasteiger partial charge in [-0.1, -0.05) is 23.7 Å². The van der Waals surface area contributed by atoms with Crippen LogP contribution in [0.25, 0.3) is 11.3 Å². The molecule has 144 valence electrons. The summed E-state index contributed by atoms with van der Waals surface area (Å²) in [5.74, 6) is 1.30. The third kappa shape index (κ3) is 4.38. The molecule has 1 aliphatic heterocycles. The van der Waals surface area contributed by atoms with Crippen LogP contribution in [-0.4, -0.2) is 25.1 Å². The lowest BCUT2D eigenvalue weighted by atomic mass is 10.1.